The van der Waals surface area contributed by atoms with Crippen LogP contribution in [0.25, 0.3) is 6.08 Å². The molecule has 0 saturated heterocycles. The van der Waals surface area contributed by atoms with Crippen molar-refractivity contribution in [2.24, 2.45) is 0 Å². The Labute approximate surface area is 228 Å². The highest BCUT2D eigenvalue weighted by Crippen LogP contribution is 2.43. The molecule has 0 bridgehead atoms. The van der Waals surface area contributed by atoms with E-state index in [1.807, 2.05) is 13.8 Å². The molecule has 1 aliphatic heterocycles. The molecule has 2 aromatic rings. The number of nitrogens with zero attached hydrogens (tertiary/aromatic N) is 1. The fourth-order valence-corrected chi connectivity index (χ4v) is 4.90. The van der Waals surface area contributed by atoms with Crippen molar-refractivity contribution in [3.8, 4) is 0 Å². The van der Waals surface area contributed by atoms with E-state index >= 15 is 8.78 Å². The molecule has 2 unspecified atom stereocenters. The summed E-state index contributed by atoms with van der Waals surface area (Å²) >= 11 is 0. The maximum absolute atomic E-state index is 15.7. The Morgan fingerprint density at radius 2 is 1.74 bits per heavy atom. The highest BCUT2D eigenvalue weighted by molar-refractivity contribution is 5.87. The van der Waals surface area contributed by atoms with Gasteiger partial charge in [0.15, 0.2) is 0 Å². The quantitative estimate of drug-likeness (QED) is 0.316. The Morgan fingerprint density at radius 3 is 2.28 bits per heavy atom. The summed E-state index contributed by atoms with van der Waals surface area (Å²) in [7, 11) is 1.20. The van der Waals surface area contributed by atoms with Gasteiger partial charge in [0.25, 0.3) is 0 Å². The lowest BCUT2D eigenvalue weighted by Gasteiger charge is -2.44. The first-order chi connectivity index (χ1) is 18.0. The molecular formula is C30H37F3N2O4. The van der Waals surface area contributed by atoms with Gasteiger partial charge in [0, 0.05) is 29.9 Å². The lowest BCUT2D eigenvalue weighted by molar-refractivity contribution is -0.134. The molecule has 0 aromatic heterocycles. The van der Waals surface area contributed by atoms with Gasteiger partial charge in [-0.1, -0.05) is 6.07 Å². The van der Waals surface area contributed by atoms with Crippen molar-refractivity contribution in [2.45, 2.75) is 78.2 Å². The molecule has 39 heavy (non-hydrogen) atoms. The molecule has 0 spiro atoms. The van der Waals surface area contributed by atoms with Crippen LogP contribution in [0, 0.1) is 18.6 Å². The van der Waals surface area contributed by atoms with Crippen LogP contribution >= 0.6 is 0 Å². The highest BCUT2D eigenvalue weighted by Gasteiger charge is 2.40. The highest BCUT2D eigenvalue weighted by atomic mass is 19.1. The lowest BCUT2D eigenvalue weighted by atomic mass is 9.81. The minimum absolute atomic E-state index is 0.0574. The number of anilines is 1. The molecule has 1 heterocycles. The fourth-order valence-electron chi connectivity index (χ4n) is 4.90. The van der Waals surface area contributed by atoms with Gasteiger partial charge in [-0.3, -0.25) is 10.2 Å². The molecular weight excluding hydrogens is 509 g/mol. The van der Waals surface area contributed by atoms with Crippen LogP contribution < -0.4 is 5.32 Å². The fraction of sp³-hybridized carbons (Fsp3) is 0.467. The van der Waals surface area contributed by atoms with E-state index in [9.17, 15) is 14.0 Å². The number of carbonyl (C=O) groups excluding carboxylic acids is 2. The van der Waals surface area contributed by atoms with Crippen LogP contribution in [0.5, 0.6) is 0 Å². The van der Waals surface area contributed by atoms with Gasteiger partial charge in [-0.15, -0.1) is 0 Å². The third kappa shape index (κ3) is 7.41. The number of fused-ring (bicyclic) bond motifs is 1. The Bertz CT molecular complexity index is 1260. The summed E-state index contributed by atoms with van der Waals surface area (Å²) < 4.78 is 56.2. The number of halogens is 3. The minimum Gasteiger partial charge on any atom is -0.466 e. The minimum atomic E-state index is -1.63. The number of ether oxygens (including phenoxy) is 2. The van der Waals surface area contributed by atoms with Crippen LogP contribution in [0.3, 0.4) is 0 Å². The molecule has 2 atom stereocenters. The Kier molecular flexibility index (Phi) is 8.85. The molecule has 1 aliphatic rings. The SMILES string of the molecule is COC(=O)/C=C/c1cc(F)c(C2c3ccc(NC(=O)OC(C)(C)C)c(C)c3CC(C)N2CC(C)(C)F)c(F)c1. The molecule has 2 aromatic carbocycles. The number of alkyl halides is 1. The summed E-state index contributed by atoms with van der Waals surface area (Å²) in [5.74, 6) is -2.29. The number of amides is 1. The summed E-state index contributed by atoms with van der Waals surface area (Å²) in [6.07, 6.45) is 2.22. The van der Waals surface area contributed by atoms with Crippen LogP contribution in [-0.4, -0.2) is 47.9 Å². The smallest absolute Gasteiger partial charge is 0.412 e. The van der Waals surface area contributed by atoms with E-state index < -0.39 is 41.0 Å². The summed E-state index contributed by atoms with van der Waals surface area (Å²) in [5, 5.41) is 2.77. The third-order valence-corrected chi connectivity index (χ3v) is 6.51. The van der Waals surface area contributed by atoms with Gasteiger partial charge in [-0.2, -0.15) is 0 Å². The van der Waals surface area contributed by atoms with E-state index in [-0.39, 0.29) is 23.7 Å². The number of methoxy groups -OCH3 is 1. The summed E-state index contributed by atoms with van der Waals surface area (Å²) in [6, 6.07) is 4.47. The first-order valence-electron chi connectivity index (χ1n) is 12.8. The van der Waals surface area contributed by atoms with Gasteiger partial charge in [0.05, 0.1) is 13.2 Å². The van der Waals surface area contributed by atoms with Crippen LogP contribution in [0.2, 0.25) is 0 Å². The molecule has 212 valence electrons. The van der Waals surface area contributed by atoms with E-state index in [0.29, 0.717) is 17.7 Å². The topological polar surface area (TPSA) is 67.9 Å². The van der Waals surface area contributed by atoms with Crippen LogP contribution in [0.4, 0.5) is 23.7 Å². The molecule has 0 fully saturated rings. The second kappa shape index (κ2) is 11.4. The standard InChI is InChI=1S/C30H37F3N2O4/c1-17-13-21-18(2)24(34-28(37)39-29(3,4)5)11-10-20(21)27(35(17)16-30(6,7)33)26-22(31)14-19(15-23(26)32)9-12-25(36)38-8/h9-12,14-15,17,27H,13,16H2,1-8H3,(H,34,37)/b12-9+. The van der Waals surface area contributed by atoms with E-state index in [2.05, 4.69) is 10.1 Å². The van der Waals surface area contributed by atoms with E-state index in [1.165, 1.54) is 27.0 Å². The van der Waals surface area contributed by atoms with Gasteiger partial charge in [-0.05, 0) is 101 Å². The van der Waals surface area contributed by atoms with Gasteiger partial charge >= 0.3 is 12.1 Å². The first kappa shape index (κ1) is 30.2. The van der Waals surface area contributed by atoms with Crippen molar-refractivity contribution in [3.63, 3.8) is 0 Å². The van der Waals surface area contributed by atoms with Crippen molar-refractivity contribution >= 4 is 23.8 Å². The molecule has 6 nitrogen and oxygen atoms in total. The zero-order chi connectivity index (χ0) is 29.3. The number of nitrogens with one attached hydrogen (secondary N) is 1. The number of esters is 1. The van der Waals surface area contributed by atoms with Crippen LogP contribution in [0.15, 0.2) is 30.3 Å². The largest absolute Gasteiger partial charge is 0.466 e. The predicted molar refractivity (Wildman–Crippen MR) is 145 cm³/mol. The maximum atomic E-state index is 15.7. The second-order valence-electron chi connectivity index (χ2n) is 11.5. The molecule has 9 heteroatoms. The van der Waals surface area contributed by atoms with Crippen LogP contribution in [-0.2, 0) is 20.7 Å². The lowest BCUT2D eigenvalue weighted by Crippen LogP contribution is -2.48. The monoisotopic (exact) mass is 546 g/mol. The summed E-state index contributed by atoms with van der Waals surface area (Å²) in [5.41, 5.74) is 0.336. The van der Waals surface area contributed by atoms with E-state index in [1.54, 1.807) is 37.8 Å². The number of benzene rings is 2. The Morgan fingerprint density at radius 1 is 1.13 bits per heavy atom. The second-order valence-corrected chi connectivity index (χ2v) is 11.5. The summed E-state index contributed by atoms with van der Waals surface area (Å²) in [4.78, 5) is 25.6. The average molecular weight is 547 g/mol. The number of carbonyl (C=O) groups is 2. The van der Waals surface area contributed by atoms with Crippen LogP contribution in [0.1, 0.15) is 75.4 Å². The average Bonchev–Trinajstić information content (AvgIpc) is 2.79. The van der Waals surface area contributed by atoms with Crippen molar-refractivity contribution in [3.05, 3.63) is 69.8 Å². The Balaban J connectivity index is 2.14. The van der Waals surface area contributed by atoms with Gasteiger partial charge in [0.2, 0.25) is 0 Å². The summed E-state index contributed by atoms with van der Waals surface area (Å²) in [6.45, 7) is 11.8. The normalized spacial score (nSPS) is 18.1. The molecule has 1 N–H and O–H groups in total. The van der Waals surface area contributed by atoms with E-state index in [4.69, 9.17) is 4.74 Å². The van der Waals surface area contributed by atoms with Crippen molar-refractivity contribution < 1.29 is 32.2 Å². The molecule has 0 radical (unpaired) electrons. The number of hydrogen-bond acceptors (Lipinski definition) is 5. The predicted octanol–water partition coefficient (Wildman–Crippen LogP) is 6.89. The number of hydrogen-bond donors (Lipinski definition) is 1. The molecule has 1 amide bonds. The van der Waals surface area contributed by atoms with Gasteiger partial charge in [-0.25, -0.2) is 22.8 Å². The zero-order valence-electron chi connectivity index (χ0n) is 23.7. The van der Waals surface area contributed by atoms with Crippen molar-refractivity contribution in [1.29, 1.82) is 0 Å². The van der Waals surface area contributed by atoms with Crippen molar-refractivity contribution in [1.82, 2.24) is 4.90 Å². The zero-order valence-corrected chi connectivity index (χ0v) is 23.7. The number of rotatable bonds is 6. The van der Waals surface area contributed by atoms with Crippen molar-refractivity contribution in [2.75, 3.05) is 19.0 Å². The first-order valence-corrected chi connectivity index (χ1v) is 12.8. The van der Waals surface area contributed by atoms with E-state index in [0.717, 1.165) is 29.3 Å². The maximum Gasteiger partial charge on any atom is 0.412 e. The Hall–Kier alpha value is -3.33. The van der Waals surface area contributed by atoms with Gasteiger partial charge in [0.1, 0.15) is 22.9 Å². The van der Waals surface area contributed by atoms with Gasteiger partial charge < -0.3 is 9.47 Å². The molecule has 0 saturated carbocycles. The molecule has 3 rings (SSSR count). The molecule has 0 aliphatic carbocycles. The third-order valence-electron chi connectivity index (χ3n) is 6.51.